The van der Waals surface area contributed by atoms with Gasteiger partial charge in [-0.1, -0.05) is 18.5 Å². The molecule has 0 atom stereocenters. The van der Waals surface area contributed by atoms with Crippen LogP contribution in [0.2, 0.25) is 5.02 Å². The van der Waals surface area contributed by atoms with Crippen molar-refractivity contribution in [3.8, 4) is 0 Å². The maximum Gasteiger partial charge on any atom is 0.324 e. The predicted molar refractivity (Wildman–Crippen MR) is 138 cm³/mol. The number of halogens is 3. The average molecular weight is 523 g/mol. The molecule has 1 aliphatic rings. The summed E-state index contributed by atoms with van der Waals surface area (Å²) in [7, 11) is 3.93. The summed E-state index contributed by atoms with van der Waals surface area (Å²) in [6.07, 6.45) is 0.802. The molecule has 0 radical (unpaired) electrons. The summed E-state index contributed by atoms with van der Waals surface area (Å²) in [6, 6.07) is 6.50. The molecule has 11 heteroatoms. The van der Waals surface area contributed by atoms with E-state index in [-0.39, 0.29) is 36.8 Å². The number of likely N-dealkylation sites (N-methyl/N-ethyl adjacent to an activating group) is 2. The summed E-state index contributed by atoms with van der Waals surface area (Å²) in [4.78, 5) is 31.1. The van der Waals surface area contributed by atoms with Gasteiger partial charge in [-0.3, -0.25) is 15.0 Å². The predicted octanol–water partition coefficient (Wildman–Crippen LogP) is 4.56. The molecule has 0 aliphatic carbocycles. The third kappa shape index (κ3) is 7.50. The monoisotopic (exact) mass is 521 g/mol. The third-order valence-electron chi connectivity index (χ3n) is 4.98. The molecule has 7 nitrogen and oxygen atoms in total. The number of urea groups is 1. The topological polar surface area (TPSA) is 76.7 Å². The Morgan fingerprint density at radius 2 is 1.84 bits per heavy atom. The summed E-state index contributed by atoms with van der Waals surface area (Å²) >= 11 is 7.38. The first-order chi connectivity index (χ1) is 14.4. The number of hydrogen-bond donors (Lipinski definition) is 3. The molecular weight excluding hydrogens is 493 g/mol. The zero-order valence-electron chi connectivity index (χ0n) is 18.4. The van der Waals surface area contributed by atoms with Crippen molar-refractivity contribution in [1.29, 1.82) is 0 Å². The number of thiophene rings is 1. The normalized spacial score (nSPS) is 12.9. The number of nitrogens with one attached hydrogen (secondary N) is 3. The van der Waals surface area contributed by atoms with Gasteiger partial charge >= 0.3 is 6.03 Å². The maximum atomic E-state index is 13.0. The minimum atomic E-state index is -0.384. The molecule has 0 spiro atoms. The van der Waals surface area contributed by atoms with Gasteiger partial charge in [-0.05, 0) is 56.9 Å². The molecule has 0 saturated heterocycles. The lowest BCUT2D eigenvalue weighted by Gasteiger charge is -2.25. The highest BCUT2D eigenvalue weighted by atomic mass is 35.5. The molecule has 1 aliphatic heterocycles. The quantitative estimate of drug-likeness (QED) is 0.498. The SMILES string of the molecule is CCN1CCc2c(sc(NC(=O)Nc3ccc(Cl)cc3)c2C(=O)NCCN(C)C)C1.Cl.Cl. The van der Waals surface area contributed by atoms with Crippen LogP contribution < -0.4 is 16.0 Å². The maximum absolute atomic E-state index is 13.0. The van der Waals surface area contributed by atoms with Gasteiger partial charge < -0.3 is 15.5 Å². The number of carbonyl (C=O) groups excluding carboxylic acids is 2. The summed E-state index contributed by atoms with van der Waals surface area (Å²) in [5.41, 5.74) is 2.27. The van der Waals surface area contributed by atoms with Crippen molar-refractivity contribution in [2.24, 2.45) is 0 Å². The standard InChI is InChI=1S/C21H28ClN5O2S.2ClH/c1-4-27-11-9-16-17(13-27)30-20(18(16)19(28)23-10-12-26(2)3)25-21(29)24-15-7-5-14(22)6-8-15;;/h5-8H,4,9-13H2,1-3H3,(H,23,28)(H2,24,25,29);2*1H. The average Bonchev–Trinajstić information content (AvgIpc) is 3.06. The lowest BCUT2D eigenvalue weighted by Crippen LogP contribution is -2.34. The van der Waals surface area contributed by atoms with Gasteiger partial charge in [0, 0.05) is 41.8 Å². The van der Waals surface area contributed by atoms with E-state index in [1.807, 2.05) is 19.0 Å². The van der Waals surface area contributed by atoms with Gasteiger partial charge in [0.25, 0.3) is 5.91 Å². The molecule has 0 unspecified atom stereocenters. The van der Waals surface area contributed by atoms with Crippen LogP contribution >= 0.6 is 47.8 Å². The van der Waals surface area contributed by atoms with Crippen molar-refractivity contribution in [1.82, 2.24) is 15.1 Å². The first kappa shape index (κ1) is 28.5. The lowest BCUT2D eigenvalue weighted by molar-refractivity contribution is 0.0950. The van der Waals surface area contributed by atoms with Crippen LogP contribution in [0.5, 0.6) is 0 Å². The van der Waals surface area contributed by atoms with Gasteiger partial charge in [0.15, 0.2) is 0 Å². The van der Waals surface area contributed by atoms with E-state index in [9.17, 15) is 9.59 Å². The Bertz CT molecular complexity index is 906. The van der Waals surface area contributed by atoms with E-state index in [2.05, 4.69) is 27.8 Å². The van der Waals surface area contributed by atoms with Crippen molar-refractivity contribution in [2.45, 2.75) is 19.9 Å². The number of hydrogen-bond acceptors (Lipinski definition) is 5. The van der Waals surface area contributed by atoms with E-state index < -0.39 is 0 Å². The molecule has 0 fully saturated rings. The van der Waals surface area contributed by atoms with E-state index in [1.54, 1.807) is 24.3 Å². The minimum Gasteiger partial charge on any atom is -0.351 e. The van der Waals surface area contributed by atoms with Gasteiger partial charge in [0.2, 0.25) is 0 Å². The second-order valence-electron chi connectivity index (χ2n) is 7.47. The largest absolute Gasteiger partial charge is 0.351 e. The molecule has 3 amide bonds. The molecule has 1 aromatic heterocycles. The number of anilines is 2. The molecular formula is C21H30Cl3N5O2S. The zero-order chi connectivity index (χ0) is 21.7. The van der Waals surface area contributed by atoms with Gasteiger partial charge in [-0.15, -0.1) is 36.2 Å². The number of nitrogens with zero attached hydrogens (tertiary/aromatic N) is 2. The van der Waals surface area contributed by atoms with Crippen molar-refractivity contribution < 1.29 is 9.59 Å². The van der Waals surface area contributed by atoms with E-state index in [0.717, 1.165) is 43.0 Å². The van der Waals surface area contributed by atoms with Crippen molar-refractivity contribution in [2.75, 3.05) is 50.9 Å². The summed E-state index contributed by atoms with van der Waals surface area (Å²) in [5.74, 6) is -0.138. The number of fused-ring (bicyclic) bond motifs is 1. The number of amides is 3. The Morgan fingerprint density at radius 1 is 1.16 bits per heavy atom. The van der Waals surface area contributed by atoms with Gasteiger partial charge in [0.05, 0.1) is 5.56 Å². The smallest absolute Gasteiger partial charge is 0.324 e. The molecule has 1 aromatic carbocycles. The molecule has 2 aromatic rings. The first-order valence-electron chi connectivity index (χ1n) is 10.0. The van der Waals surface area contributed by atoms with Crippen LogP contribution in [0, 0.1) is 0 Å². The van der Waals surface area contributed by atoms with Crippen molar-refractivity contribution >= 4 is 70.4 Å². The first-order valence-corrected chi connectivity index (χ1v) is 11.2. The Hall–Kier alpha value is -1.55. The van der Waals surface area contributed by atoms with Crippen molar-refractivity contribution in [3.05, 3.63) is 45.3 Å². The van der Waals surface area contributed by atoms with Crippen LogP contribution in [-0.4, -0.2) is 62.0 Å². The minimum absolute atomic E-state index is 0. The Kier molecular flexibility index (Phi) is 11.8. The number of rotatable bonds is 7. The summed E-state index contributed by atoms with van der Waals surface area (Å²) in [6.45, 7) is 6.10. The number of benzene rings is 1. The van der Waals surface area contributed by atoms with Gasteiger partial charge in [0.1, 0.15) is 5.00 Å². The Labute approximate surface area is 210 Å². The Balaban J connectivity index is 0.00000256. The van der Waals surface area contributed by atoms with E-state index in [0.29, 0.717) is 27.8 Å². The van der Waals surface area contributed by atoms with Crippen molar-refractivity contribution in [3.63, 3.8) is 0 Å². The van der Waals surface area contributed by atoms with E-state index in [4.69, 9.17) is 11.6 Å². The zero-order valence-corrected chi connectivity index (χ0v) is 21.6. The van der Waals surface area contributed by atoms with Gasteiger partial charge in [-0.2, -0.15) is 0 Å². The highest BCUT2D eigenvalue weighted by Crippen LogP contribution is 2.37. The molecule has 3 N–H and O–H groups in total. The van der Waals surface area contributed by atoms with Crippen LogP contribution in [0.3, 0.4) is 0 Å². The molecule has 178 valence electrons. The lowest BCUT2D eigenvalue weighted by atomic mass is 10.0. The molecule has 0 bridgehead atoms. The summed E-state index contributed by atoms with van der Waals surface area (Å²) < 4.78 is 0. The molecule has 0 saturated carbocycles. The van der Waals surface area contributed by atoms with Crippen LogP contribution in [0.25, 0.3) is 0 Å². The van der Waals surface area contributed by atoms with Crippen LogP contribution in [0.15, 0.2) is 24.3 Å². The molecule has 2 heterocycles. The second kappa shape index (κ2) is 13.2. The third-order valence-corrected chi connectivity index (χ3v) is 6.37. The fraction of sp³-hybridized carbons (Fsp3) is 0.429. The van der Waals surface area contributed by atoms with Crippen LogP contribution in [0.4, 0.5) is 15.5 Å². The number of carbonyl (C=O) groups is 2. The molecule has 3 rings (SSSR count). The fourth-order valence-electron chi connectivity index (χ4n) is 3.33. The van der Waals surface area contributed by atoms with E-state index >= 15 is 0 Å². The van der Waals surface area contributed by atoms with E-state index in [1.165, 1.54) is 11.3 Å². The fourth-order valence-corrected chi connectivity index (χ4v) is 4.74. The highest BCUT2D eigenvalue weighted by molar-refractivity contribution is 7.17. The van der Waals surface area contributed by atoms with Gasteiger partial charge in [-0.25, -0.2) is 4.79 Å². The Morgan fingerprint density at radius 3 is 2.47 bits per heavy atom. The van der Waals surface area contributed by atoms with Crippen LogP contribution in [0.1, 0.15) is 27.7 Å². The van der Waals surface area contributed by atoms with Crippen LogP contribution in [-0.2, 0) is 13.0 Å². The highest BCUT2D eigenvalue weighted by Gasteiger charge is 2.28. The molecule has 32 heavy (non-hydrogen) atoms. The second-order valence-corrected chi connectivity index (χ2v) is 9.01. The summed E-state index contributed by atoms with van der Waals surface area (Å²) in [5, 5.41) is 9.86.